The minimum absolute atomic E-state index is 0. The van der Waals surface area contributed by atoms with Crippen molar-refractivity contribution in [2.24, 2.45) is 0 Å². The average Bonchev–Trinajstić information content (AvgIpc) is 1.00. The molecule has 0 unspecified atom stereocenters. The van der Waals surface area contributed by atoms with E-state index in [4.69, 9.17) is 4.55 Å². The van der Waals surface area contributed by atoms with Gasteiger partial charge in [0.1, 0.15) is 12.9 Å². The molecule has 0 aliphatic carbocycles. The van der Waals surface area contributed by atoms with E-state index in [1.54, 1.807) is 0 Å². The molecule has 62 valence electrons. The average molecular weight is 341 g/mol. The van der Waals surface area contributed by atoms with Gasteiger partial charge in [0, 0.05) is 68.3 Å². The van der Waals surface area contributed by atoms with Crippen LogP contribution in [0.3, 0.4) is 0 Å². The van der Waals surface area contributed by atoms with Crippen LogP contribution in [-0.2, 0) is 108 Å². The maximum Gasteiger partial charge on any atom is 0.114 e. The van der Waals surface area contributed by atoms with Crippen LogP contribution in [-0.4, -0.2) is 4.55 Å². The van der Waals surface area contributed by atoms with Gasteiger partial charge >= 0.3 is 0 Å². The summed E-state index contributed by atoms with van der Waals surface area (Å²) in [4.78, 5) is 0. The summed E-state index contributed by atoms with van der Waals surface area (Å²) in [6.45, 7) is 0. The van der Waals surface area contributed by atoms with E-state index in [0.717, 1.165) is 0 Å². The Morgan fingerprint density at radius 1 is 0.625 bits per heavy atom. The van der Waals surface area contributed by atoms with Gasteiger partial charge in [-0.15, -0.1) is 0 Å². The van der Waals surface area contributed by atoms with Crippen molar-refractivity contribution >= 4 is 39.9 Å². The van der Waals surface area contributed by atoms with Gasteiger partial charge in [-0.2, -0.15) is 4.55 Å². The molecule has 0 saturated heterocycles. The molecule has 0 aromatic carbocycles. The van der Waals surface area contributed by atoms with Gasteiger partial charge in [0.05, 0.1) is 0 Å². The molecule has 0 bridgehead atoms. The fourth-order valence-corrected chi connectivity index (χ4v) is 0. The third-order valence-electron chi connectivity index (χ3n) is 0. The summed E-state index contributed by atoms with van der Waals surface area (Å²) in [6.07, 6.45) is 0. The number of hydrogen-bond acceptors (Lipinski definition) is 3. The molecule has 0 aliphatic rings. The molecule has 8 heteroatoms. The van der Waals surface area contributed by atoms with Crippen molar-refractivity contribution in [2.75, 3.05) is 0 Å². The minimum Gasteiger partial charge on any atom is -0.813 e. The Hall–Kier alpha value is 3.09. The van der Waals surface area contributed by atoms with Gasteiger partial charge in [-0.05, 0) is 0 Å². The topological polar surface area (TPSA) is 20.2 Å². The summed E-state index contributed by atoms with van der Waals surface area (Å²) >= 11 is 1.97. The first-order valence-electron chi connectivity index (χ1n) is 0.224. The van der Waals surface area contributed by atoms with Crippen LogP contribution in [0.5, 0.6) is 0 Å². The molecule has 1 N–H and O–H groups in total. The van der Waals surface area contributed by atoms with Crippen LogP contribution >= 0.6 is 0 Å². The van der Waals surface area contributed by atoms with Gasteiger partial charge in [0.15, 0.2) is 0 Å². The molecule has 0 atom stereocenters. The molecule has 8 heavy (non-hydrogen) atoms. The molecule has 1 nitrogen and oxygen atoms in total. The van der Waals surface area contributed by atoms with E-state index in [1.165, 1.54) is 0 Å². The van der Waals surface area contributed by atoms with Crippen LogP contribution in [0.1, 0.15) is 0 Å². The number of hydrogen-bond donors (Lipinski definition) is 1. The summed E-state index contributed by atoms with van der Waals surface area (Å²) in [5.74, 6) is 0. The van der Waals surface area contributed by atoms with Crippen LogP contribution in [0.2, 0.25) is 0 Å². The molecule has 0 aliphatic heterocycles. The molecular formula is H5Fe4OS3-. The second-order valence-electron chi connectivity index (χ2n) is 0. The fraction of sp³-hybridized carbons (Fsp3) is 0. The first-order valence-corrected chi connectivity index (χ1v) is 0.671. The van der Waals surface area contributed by atoms with Crippen molar-refractivity contribution < 1.29 is 72.8 Å². The van der Waals surface area contributed by atoms with E-state index in [9.17, 15) is 0 Å². The largest absolute Gasteiger partial charge is 0.813 e. The van der Waals surface area contributed by atoms with Gasteiger partial charge < -0.3 is 27.0 Å². The second-order valence-corrected chi connectivity index (χ2v) is 0. The fourth-order valence-electron chi connectivity index (χ4n) is 0. The van der Waals surface area contributed by atoms with Gasteiger partial charge in [0.2, 0.25) is 0 Å². The Bertz CT molecular complexity index is 11.2. The molecule has 0 aromatic heterocycles. The van der Waals surface area contributed by atoms with Gasteiger partial charge in [0.25, 0.3) is 0 Å². The van der Waals surface area contributed by atoms with Crippen LogP contribution in [0.4, 0.5) is 0 Å². The van der Waals surface area contributed by atoms with E-state index in [2.05, 4.69) is 0 Å². The van der Waals surface area contributed by atoms with Crippen molar-refractivity contribution in [1.29, 1.82) is 0 Å². The standard InChI is InChI=1S/4Fe.H2OS.2H2S/c;;;;1-2;;/h;;;;1-2H;2*1H2/p-1. The first-order chi connectivity index (χ1) is 1.00. The van der Waals surface area contributed by atoms with E-state index in [-0.39, 0.29) is 95.3 Å². The van der Waals surface area contributed by atoms with E-state index < -0.39 is 0 Å². The Morgan fingerprint density at radius 3 is 0.625 bits per heavy atom. The molecule has 0 radical (unpaired) electrons. The Kier molecular flexibility index (Phi) is 737. The third kappa shape index (κ3) is 62.3. The van der Waals surface area contributed by atoms with Gasteiger partial charge in [-0.25, -0.2) is 0 Å². The maximum atomic E-state index is 6.81. The molecular weight excluding hydrogens is 336 g/mol. The van der Waals surface area contributed by atoms with E-state index in [0.29, 0.717) is 0 Å². The SMILES string of the molecule is O[SH2+].[Fe].[Fe].[Fe].[Fe].[SH-].[SH-]. The van der Waals surface area contributed by atoms with Crippen LogP contribution in [0.15, 0.2) is 0 Å². The predicted molar refractivity (Wildman–Crippen MR) is 30.3 cm³/mol. The third-order valence-corrected chi connectivity index (χ3v) is 0. The van der Waals surface area contributed by atoms with Crippen LogP contribution in [0.25, 0.3) is 0 Å². The summed E-state index contributed by atoms with van der Waals surface area (Å²) < 4.78 is 6.81. The molecule has 0 heterocycles. The normalized spacial score (nSPS) is 0.750. The second kappa shape index (κ2) is 87.4. The quantitative estimate of drug-likeness (QED) is 0.262. The van der Waals surface area contributed by atoms with E-state index in [1.807, 2.05) is 12.9 Å². The summed E-state index contributed by atoms with van der Waals surface area (Å²) in [7, 11) is 0. The summed E-state index contributed by atoms with van der Waals surface area (Å²) in [5, 5.41) is 0. The van der Waals surface area contributed by atoms with E-state index >= 15 is 0 Å². The molecule has 0 spiro atoms. The van der Waals surface area contributed by atoms with Crippen molar-refractivity contribution in [1.82, 2.24) is 0 Å². The molecule has 0 rings (SSSR count). The molecule has 0 fully saturated rings. The number of rotatable bonds is 0. The Balaban J connectivity index is -0.000000000333. The van der Waals surface area contributed by atoms with Crippen LogP contribution in [0, 0.1) is 0 Å². The van der Waals surface area contributed by atoms with Gasteiger partial charge in [-0.1, -0.05) is 0 Å². The van der Waals surface area contributed by atoms with Crippen molar-refractivity contribution in [3.63, 3.8) is 0 Å². The van der Waals surface area contributed by atoms with Crippen molar-refractivity contribution in [3.05, 3.63) is 0 Å². The molecule has 0 amide bonds. The predicted octanol–water partition coefficient (Wildman–Crippen LogP) is -1.08. The Labute approximate surface area is 111 Å². The zero-order chi connectivity index (χ0) is 2.00. The zero-order valence-electron chi connectivity index (χ0n) is 3.26. The summed E-state index contributed by atoms with van der Waals surface area (Å²) in [5.41, 5.74) is 0. The van der Waals surface area contributed by atoms with Crippen molar-refractivity contribution in [3.8, 4) is 0 Å². The molecule has 0 saturated carbocycles. The van der Waals surface area contributed by atoms with Crippen molar-refractivity contribution in [2.45, 2.75) is 0 Å². The smallest absolute Gasteiger partial charge is 0.114 e. The van der Waals surface area contributed by atoms with Gasteiger partial charge in [-0.3, -0.25) is 0 Å². The molecule has 0 aromatic rings. The number of thiol groups is 2. The summed E-state index contributed by atoms with van der Waals surface area (Å²) in [6, 6.07) is 0. The Morgan fingerprint density at radius 2 is 0.625 bits per heavy atom. The first kappa shape index (κ1) is 67.5. The van der Waals surface area contributed by atoms with Crippen LogP contribution < -0.4 is 0 Å². The minimum atomic E-state index is 0. The zero-order valence-corrected chi connectivity index (χ0v) is 10.5. The monoisotopic (exact) mass is 341 g/mol. The maximum absolute atomic E-state index is 6.81.